The molecule has 0 heterocycles. The van der Waals surface area contributed by atoms with Crippen molar-refractivity contribution in [3.05, 3.63) is 42.5 Å². The van der Waals surface area contributed by atoms with Crippen molar-refractivity contribution in [3.8, 4) is 0 Å². The summed E-state index contributed by atoms with van der Waals surface area (Å²) >= 11 is 0. The molecule has 0 radical (unpaired) electrons. The number of nitrogens with one attached hydrogen (secondary N) is 2. The number of ketones is 1. The van der Waals surface area contributed by atoms with E-state index in [1.54, 1.807) is 30.3 Å². The lowest BCUT2D eigenvalue weighted by molar-refractivity contribution is -0.134. The maximum atomic E-state index is 12.3. The highest BCUT2D eigenvalue weighted by atomic mass is 16.2. The molecule has 1 aliphatic carbocycles. The van der Waals surface area contributed by atoms with Crippen LogP contribution in [0, 0.1) is 5.41 Å². The van der Waals surface area contributed by atoms with Gasteiger partial charge < -0.3 is 10.6 Å². The number of anilines is 1. The molecule has 110 valence electrons. The molecule has 1 aromatic rings. The van der Waals surface area contributed by atoms with Gasteiger partial charge in [0.1, 0.15) is 5.41 Å². The van der Waals surface area contributed by atoms with Gasteiger partial charge in [0.2, 0.25) is 11.8 Å². The summed E-state index contributed by atoms with van der Waals surface area (Å²) in [6, 6.07) is 6.61. The Hall–Kier alpha value is -2.43. The largest absolute Gasteiger partial charge is 0.352 e. The molecule has 1 aliphatic rings. The lowest BCUT2D eigenvalue weighted by Crippen LogP contribution is -2.40. The summed E-state index contributed by atoms with van der Waals surface area (Å²) in [5, 5.41) is 5.39. The number of benzene rings is 1. The van der Waals surface area contributed by atoms with E-state index in [1.165, 1.54) is 6.92 Å². The minimum atomic E-state index is -0.956. The third-order valence-electron chi connectivity index (χ3n) is 3.58. The molecule has 5 heteroatoms. The van der Waals surface area contributed by atoms with Crippen LogP contribution in [0.15, 0.2) is 36.9 Å². The summed E-state index contributed by atoms with van der Waals surface area (Å²) in [5.74, 6) is -0.602. The molecular weight excluding hydrogens is 268 g/mol. The second-order valence-corrected chi connectivity index (χ2v) is 5.17. The Morgan fingerprint density at radius 3 is 2.29 bits per heavy atom. The molecule has 0 spiro atoms. The standard InChI is InChI=1S/C16H18N2O3/c1-3-10-17-14(20)16(8-9-16)15(21)18-13-6-4-12(5-7-13)11(2)19/h3-7H,1,8-10H2,2H3,(H,17,20)(H,18,21). The van der Waals surface area contributed by atoms with Gasteiger partial charge in [-0.3, -0.25) is 14.4 Å². The maximum absolute atomic E-state index is 12.3. The number of carbonyl (C=O) groups is 3. The zero-order valence-corrected chi connectivity index (χ0v) is 11.9. The first-order valence-corrected chi connectivity index (χ1v) is 6.81. The average molecular weight is 286 g/mol. The van der Waals surface area contributed by atoms with Gasteiger partial charge in [-0.05, 0) is 44.0 Å². The van der Waals surface area contributed by atoms with Crippen LogP contribution in [0.1, 0.15) is 30.1 Å². The predicted octanol–water partition coefficient (Wildman–Crippen LogP) is 1.91. The van der Waals surface area contributed by atoms with Gasteiger partial charge in [0.25, 0.3) is 0 Å². The van der Waals surface area contributed by atoms with Crippen molar-refractivity contribution in [2.24, 2.45) is 5.41 Å². The predicted molar refractivity (Wildman–Crippen MR) is 79.9 cm³/mol. The Balaban J connectivity index is 2.02. The number of amides is 2. The van der Waals surface area contributed by atoms with Gasteiger partial charge >= 0.3 is 0 Å². The Morgan fingerprint density at radius 1 is 1.19 bits per heavy atom. The van der Waals surface area contributed by atoms with Gasteiger partial charge in [-0.2, -0.15) is 0 Å². The summed E-state index contributed by atoms with van der Waals surface area (Å²) in [6.07, 6.45) is 2.67. The van der Waals surface area contributed by atoms with Crippen molar-refractivity contribution >= 4 is 23.3 Å². The molecular formula is C16H18N2O3. The van der Waals surface area contributed by atoms with E-state index in [0.717, 1.165) is 0 Å². The molecule has 1 saturated carbocycles. The topological polar surface area (TPSA) is 75.3 Å². The van der Waals surface area contributed by atoms with Gasteiger partial charge in [0.15, 0.2) is 5.78 Å². The number of hydrogen-bond acceptors (Lipinski definition) is 3. The quantitative estimate of drug-likeness (QED) is 0.476. The van der Waals surface area contributed by atoms with Gasteiger partial charge in [0.05, 0.1) is 0 Å². The highest BCUT2D eigenvalue weighted by Crippen LogP contribution is 2.46. The summed E-state index contributed by atoms with van der Waals surface area (Å²) < 4.78 is 0. The van der Waals surface area contributed by atoms with Crippen molar-refractivity contribution in [2.45, 2.75) is 19.8 Å². The fourth-order valence-electron chi connectivity index (χ4n) is 2.06. The second kappa shape index (κ2) is 5.91. The molecule has 0 atom stereocenters. The fourth-order valence-corrected chi connectivity index (χ4v) is 2.06. The molecule has 5 nitrogen and oxygen atoms in total. The van der Waals surface area contributed by atoms with Crippen LogP contribution in [0.5, 0.6) is 0 Å². The van der Waals surface area contributed by atoms with E-state index < -0.39 is 5.41 Å². The van der Waals surface area contributed by atoms with E-state index in [2.05, 4.69) is 17.2 Å². The van der Waals surface area contributed by atoms with Crippen molar-refractivity contribution in [1.82, 2.24) is 5.32 Å². The van der Waals surface area contributed by atoms with Gasteiger partial charge in [-0.15, -0.1) is 6.58 Å². The van der Waals surface area contributed by atoms with Crippen LogP contribution < -0.4 is 10.6 Å². The lowest BCUT2D eigenvalue weighted by atomic mass is 10.0. The molecule has 1 fully saturated rings. The van der Waals surface area contributed by atoms with E-state index >= 15 is 0 Å². The summed E-state index contributed by atoms with van der Waals surface area (Å²) in [4.78, 5) is 35.4. The fraction of sp³-hybridized carbons (Fsp3) is 0.312. The van der Waals surface area contributed by atoms with E-state index in [0.29, 0.717) is 30.6 Å². The Labute approximate surface area is 123 Å². The minimum absolute atomic E-state index is 0.0321. The van der Waals surface area contributed by atoms with Crippen LogP contribution in [0.2, 0.25) is 0 Å². The molecule has 0 unspecified atom stereocenters. The smallest absolute Gasteiger partial charge is 0.240 e. The Kier molecular flexibility index (Phi) is 4.21. The van der Waals surface area contributed by atoms with Crippen molar-refractivity contribution < 1.29 is 14.4 Å². The van der Waals surface area contributed by atoms with Gasteiger partial charge in [0, 0.05) is 17.8 Å². The van der Waals surface area contributed by atoms with E-state index in [1.807, 2.05) is 0 Å². The normalized spacial score (nSPS) is 14.9. The minimum Gasteiger partial charge on any atom is -0.352 e. The van der Waals surface area contributed by atoms with Crippen LogP contribution >= 0.6 is 0 Å². The molecule has 21 heavy (non-hydrogen) atoms. The highest BCUT2D eigenvalue weighted by Gasteiger charge is 2.56. The molecule has 0 saturated heterocycles. The van der Waals surface area contributed by atoms with Crippen molar-refractivity contribution in [1.29, 1.82) is 0 Å². The third-order valence-corrected chi connectivity index (χ3v) is 3.58. The molecule has 2 N–H and O–H groups in total. The first kappa shape index (κ1) is 15.0. The Bertz CT molecular complexity index is 586. The second-order valence-electron chi connectivity index (χ2n) is 5.17. The first-order chi connectivity index (χ1) is 9.99. The van der Waals surface area contributed by atoms with Crippen molar-refractivity contribution in [2.75, 3.05) is 11.9 Å². The summed E-state index contributed by atoms with van der Waals surface area (Å²) in [6.45, 7) is 5.36. The first-order valence-electron chi connectivity index (χ1n) is 6.81. The SMILES string of the molecule is C=CCNC(=O)C1(C(=O)Nc2ccc(C(C)=O)cc2)CC1. The molecule has 0 aromatic heterocycles. The maximum Gasteiger partial charge on any atom is 0.240 e. The van der Waals surface area contributed by atoms with Crippen LogP contribution in [0.25, 0.3) is 0 Å². The third kappa shape index (κ3) is 3.18. The van der Waals surface area contributed by atoms with Gasteiger partial charge in [-0.25, -0.2) is 0 Å². The zero-order valence-electron chi connectivity index (χ0n) is 11.9. The molecule has 2 rings (SSSR count). The monoisotopic (exact) mass is 286 g/mol. The Morgan fingerprint density at radius 2 is 1.81 bits per heavy atom. The van der Waals surface area contributed by atoms with E-state index in [4.69, 9.17) is 0 Å². The van der Waals surface area contributed by atoms with E-state index in [-0.39, 0.29) is 17.6 Å². The van der Waals surface area contributed by atoms with Crippen molar-refractivity contribution in [3.63, 3.8) is 0 Å². The number of hydrogen-bond donors (Lipinski definition) is 2. The van der Waals surface area contributed by atoms with Crippen LogP contribution in [-0.4, -0.2) is 24.1 Å². The summed E-state index contributed by atoms with van der Waals surface area (Å²) in [7, 11) is 0. The van der Waals surface area contributed by atoms with E-state index in [9.17, 15) is 14.4 Å². The highest BCUT2D eigenvalue weighted by molar-refractivity contribution is 6.13. The van der Waals surface area contributed by atoms with Crippen LogP contribution in [-0.2, 0) is 9.59 Å². The number of rotatable bonds is 6. The van der Waals surface area contributed by atoms with Crippen LogP contribution in [0.3, 0.4) is 0 Å². The zero-order chi connectivity index (χ0) is 15.5. The molecule has 0 bridgehead atoms. The average Bonchev–Trinajstić information content (AvgIpc) is 3.27. The summed E-state index contributed by atoms with van der Waals surface area (Å²) in [5.41, 5.74) is 0.202. The number of carbonyl (C=O) groups excluding carboxylic acids is 3. The molecule has 0 aliphatic heterocycles. The molecule has 2 amide bonds. The van der Waals surface area contributed by atoms with Crippen LogP contribution in [0.4, 0.5) is 5.69 Å². The molecule has 1 aromatic carbocycles. The van der Waals surface area contributed by atoms with Gasteiger partial charge in [-0.1, -0.05) is 6.08 Å². The lowest BCUT2D eigenvalue weighted by Gasteiger charge is -2.14. The number of Topliss-reactive ketones (excluding diaryl/α,β-unsaturated/α-hetero) is 1.